The maximum Gasteiger partial charge on any atom is 0.189 e. The topological polar surface area (TPSA) is 18.5 Å². The summed E-state index contributed by atoms with van der Waals surface area (Å²) in [7, 11) is 0. The lowest BCUT2D eigenvalue weighted by molar-refractivity contribution is 0.00483. The fourth-order valence-corrected chi connectivity index (χ4v) is 1.48. The lowest BCUT2D eigenvalue weighted by atomic mass is 10.2. The molecular weight excluding hydrogens is 212 g/mol. The summed E-state index contributed by atoms with van der Waals surface area (Å²) in [6.45, 7) is 4.67. The van der Waals surface area contributed by atoms with Crippen molar-refractivity contribution in [1.82, 2.24) is 0 Å². The molecule has 0 fully saturated rings. The average molecular weight is 227 g/mol. The standard InChI is InChI=1S/C15H15O2/c1-13-7-5-6-10-15(13)17-12-16-11-14-8-3-2-4-9-14/h2-10H,1,11-12H2. The molecule has 0 aliphatic rings. The molecule has 0 aliphatic carbocycles. The third-order valence-electron chi connectivity index (χ3n) is 2.38. The molecular formula is C15H15O2. The summed E-state index contributed by atoms with van der Waals surface area (Å²) >= 11 is 0. The second-order valence-electron chi connectivity index (χ2n) is 3.70. The fourth-order valence-electron chi connectivity index (χ4n) is 1.48. The smallest absolute Gasteiger partial charge is 0.189 e. The van der Waals surface area contributed by atoms with Gasteiger partial charge >= 0.3 is 0 Å². The molecule has 0 heterocycles. The number of rotatable bonds is 5. The first-order valence-corrected chi connectivity index (χ1v) is 5.52. The van der Waals surface area contributed by atoms with Gasteiger partial charge in [-0.1, -0.05) is 48.5 Å². The fraction of sp³-hybridized carbons (Fsp3) is 0.133. The zero-order valence-corrected chi connectivity index (χ0v) is 9.63. The predicted octanol–water partition coefficient (Wildman–Crippen LogP) is 3.42. The van der Waals surface area contributed by atoms with E-state index < -0.39 is 0 Å². The van der Waals surface area contributed by atoms with Crippen LogP contribution < -0.4 is 4.74 Å². The van der Waals surface area contributed by atoms with Gasteiger partial charge in [-0.05, 0) is 24.1 Å². The first-order chi connectivity index (χ1) is 8.36. The molecule has 0 saturated heterocycles. The van der Waals surface area contributed by atoms with Crippen LogP contribution in [0.3, 0.4) is 0 Å². The third-order valence-corrected chi connectivity index (χ3v) is 2.38. The Hall–Kier alpha value is -1.80. The van der Waals surface area contributed by atoms with Crippen LogP contribution in [0.1, 0.15) is 11.1 Å². The SMILES string of the molecule is [CH2]c1ccccc1OCOCc1ccccc1. The Kier molecular flexibility index (Phi) is 4.17. The highest BCUT2D eigenvalue weighted by Crippen LogP contribution is 2.16. The Morgan fingerprint density at radius 1 is 0.882 bits per heavy atom. The van der Waals surface area contributed by atoms with Gasteiger partial charge in [0.25, 0.3) is 0 Å². The molecule has 2 nitrogen and oxygen atoms in total. The highest BCUT2D eigenvalue weighted by atomic mass is 16.7. The van der Waals surface area contributed by atoms with E-state index in [9.17, 15) is 0 Å². The van der Waals surface area contributed by atoms with Gasteiger partial charge < -0.3 is 9.47 Å². The molecule has 87 valence electrons. The van der Waals surface area contributed by atoms with Crippen LogP contribution in [0, 0.1) is 6.92 Å². The molecule has 2 aromatic carbocycles. The highest BCUT2D eigenvalue weighted by Gasteiger charge is 1.97. The lowest BCUT2D eigenvalue weighted by Crippen LogP contribution is -2.03. The van der Waals surface area contributed by atoms with Crippen LogP contribution in [-0.4, -0.2) is 6.79 Å². The molecule has 0 atom stereocenters. The number of hydrogen-bond donors (Lipinski definition) is 0. The number of para-hydroxylation sites is 1. The first-order valence-electron chi connectivity index (χ1n) is 5.52. The molecule has 1 radical (unpaired) electrons. The van der Waals surface area contributed by atoms with Crippen LogP contribution in [0.15, 0.2) is 54.6 Å². The van der Waals surface area contributed by atoms with E-state index in [1.807, 2.05) is 54.6 Å². The summed E-state index contributed by atoms with van der Waals surface area (Å²) < 4.78 is 10.9. The van der Waals surface area contributed by atoms with E-state index >= 15 is 0 Å². The van der Waals surface area contributed by atoms with E-state index in [1.165, 1.54) is 0 Å². The molecule has 0 spiro atoms. The summed E-state index contributed by atoms with van der Waals surface area (Å²) in [5.74, 6) is 0.764. The van der Waals surface area contributed by atoms with Gasteiger partial charge in [0.2, 0.25) is 0 Å². The molecule has 0 N–H and O–H groups in total. The number of ether oxygens (including phenoxy) is 2. The van der Waals surface area contributed by atoms with Gasteiger partial charge in [0.05, 0.1) is 6.61 Å². The van der Waals surface area contributed by atoms with Gasteiger partial charge in [0.1, 0.15) is 5.75 Å². The van der Waals surface area contributed by atoms with Gasteiger partial charge in [-0.3, -0.25) is 0 Å². The van der Waals surface area contributed by atoms with Crippen molar-refractivity contribution in [3.63, 3.8) is 0 Å². The second kappa shape index (κ2) is 6.06. The summed E-state index contributed by atoms with van der Waals surface area (Å²) in [5, 5.41) is 0. The van der Waals surface area contributed by atoms with E-state index in [4.69, 9.17) is 9.47 Å². The minimum absolute atomic E-state index is 0.238. The van der Waals surface area contributed by atoms with Crippen LogP contribution in [0.25, 0.3) is 0 Å². The van der Waals surface area contributed by atoms with Crippen LogP contribution in [0.5, 0.6) is 5.75 Å². The van der Waals surface area contributed by atoms with Crippen LogP contribution >= 0.6 is 0 Å². The Morgan fingerprint density at radius 2 is 1.59 bits per heavy atom. The zero-order valence-electron chi connectivity index (χ0n) is 9.63. The molecule has 2 heteroatoms. The third kappa shape index (κ3) is 3.61. The van der Waals surface area contributed by atoms with E-state index in [0.29, 0.717) is 6.61 Å². The van der Waals surface area contributed by atoms with Crippen molar-refractivity contribution in [2.45, 2.75) is 6.61 Å². The van der Waals surface area contributed by atoms with E-state index in [0.717, 1.165) is 16.9 Å². The van der Waals surface area contributed by atoms with Crippen molar-refractivity contribution in [2.24, 2.45) is 0 Å². The predicted molar refractivity (Wildman–Crippen MR) is 67.6 cm³/mol. The largest absolute Gasteiger partial charge is 0.467 e. The van der Waals surface area contributed by atoms with Gasteiger partial charge in [-0.2, -0.15) is 0 Å². The molecule has 0 amide bonds. The van der Waals surface area contributed by atoms with Gasteiger partial charge in [0.15, 0.2) is 6.79 Å². The van der Waals surface area contributed by atoms with E-state index in [2.05, 4.69) is 6.92 Å². The van der Waals surface area contributed by atoms with E-state index in [1.54, 1.807) is 0 Å². The summed E-state index contributed by atoms with van der Waals surface area (Å²) in [5.41, 5.74) is 2.01. The molecule has 0 saturated carbocycles. The Morgan fingerprint density at radius 3 is 2.35 bits per heavy atom. The van der Waals surface area contributed by atoms with Crippen molar-refractivity contribution in [3.05, 3.63) is 72.6 Å². The molecule has 0 aliphatic heterocycles. The molecule has 2 rings (SSSR count). The van der Waals surface area contributed by atoms with Crippen molar-refractivity contribution >= 4 is 0 Å². The van der Waals surface area contributed by atoms with Gasteiger partial charge in [0, 0.05) is 0 Å². The minimum Gasteiger partial charge on any atom is -0.467 e. The Labute approximate surface area is 102 Å². The van der Waals surface area contributed by atoms with Crippen LogP contribution in [0.2, 0.25) is 0 Å². The van der Waals surface area contributed by atoms with Crippen molar-refractivity contribution in [3.8, 4) is 5.75 Å². The summed E-state index contributed by atoms with van der Waals surface area (Å²) in [6, 6.07) is 17.7. The maximum absolute atomic E-state index is 5.47. The lowest BCUT2D eigenvalue weighted by Gasteiger charge is -2.09. The molecule has 0 bridgehead atoms. The summed E-state index contributed by atoms with van der Waals surface area (Å²) in [4.78, 5) is 0. The minimum atomic E-state index is 0.238. The molecule has 0 unspecified atom stereocenters. The number of hydrogen-bond acceptors (Lipinski definition) is 2. The molecule has 2 aromatic rings. The first kappa shape index (κ1) is 11.7. The van der Waals surface area contributed by atoms with Crippen molar-refractivity contribution in [1.29, 1.82) is 0 Å². The average Bonchev–Trinajstić information content (AvgIpc) is 2.38. The molecule has 0 aromatic heterocycles. The quantitative estimate of drug-likeness (QED) is 0.575. The van der Waals surface area contributed by atoms with Crippen molar-refractivity contribution < 1.29 is 9.47 Å². The van der Waals surface area contributed by atoms with Crippen LogP contribution in [0.4, 0.5) is 0 Å². The Bertz CT molecular complexity index is 451. The summed E-state index contributed by atoms with van der Waals surface area (Å²) in [6.07, 6.45) is 0. The zero-order chi connectivity index (χ0) is 11.9. The second-order valence-corrected chi connectivity index (χ2v) is 3.70. The monoisotopic (exact) mass is 227 g/mol. The normalized spacial score (nSPS) is 10.2. The maximum atomic E-state index is 5.47. The van der Waals surface area contributed by atoms with E-state index in [-0.39, 0.29) is 6.79 Å². The van der Waals surface area contributed by atoms with Gasteiger partial charge in [-0.25, -0.2) is 0 Å². The van der Waals surface area contributed by atoms with Crippen molar-refractivity contribution in [2.75, 3.05) is 6.79 Å². The highest BCUT2D eigenvalue weighted by molar-refractivity contribution is 5.35. The Balaban J connectivity index is 1.76. The van der Waals surface area contributed by atoms with Gasteiger partial charge in [-0.15, -0.1) is 0 Å². The number of benzene rings is 2. The van der Waals surface area contributed by atoms with Crippen LogP contribution in [-0.2, 0) is 11.3 Å². The molecule has 17 heavy (non-hydrogen) atoms.